The SMILES string of the molecule is COC(=O)c1c(C)nc(/C=C/c2ccccc2)nc1-c1ccccc1. The van der Waals surface area contributed by atoms with Gasteiger partial charge in [0.1, 0.15) is 5.56 Å². The highest BCUT2D eigenvalue weighted by Crippen LogP contribution is 2.24. The first kappa shape index (κ1) is 16.6. The van der Waals surface area contributed by atoms with Crippen molar-refractivity contribution in [3.8, 4) is 11.3 Å². The van der Waals surface area contributed by atoms with Crippen LogP contribution < -0.4 is 0 Å². The van der Waals surface area contributed by atoms with E-state index >= 15 is 0 Å². The molecule has 0 bridgehead atoms. The van der Waals surface area contributed by atoms with E-state index in [1.165, 1.54) is 7.11 Å². The molecule has 0 saturated heterocycles. The van der Waals surface area contributed by atoms with E-state index in [4.69, 9.17) is 4.74 Å². The summed E-state index contributed by atoms with van der Waals surface area (Å²) in [5.41, 5.74) is 3.47. The minimum Gasteiger partial charge on any atom is -0.465 e. The fraction of sp³-hybridized carbons (Fsp3) is 0.0952. The van der Waals surface area contributed by atoms with Crippen molar-refractivity contribution in [2.45, 2.75) is 6.92 Å². The lowest BCUT2D eigenvalue weighted by atomic mass is 10.0. The minimum atomic E-state index is -0.435. The van der Waals surface area contributed by atoms with E-state index in [0.717, 1.165) is 11.1 Å². The lowest BCUT2D eigenvalue weighted by Crippen LogP contribution is -2.10. The summed E-state index contributed by atoms with van der Waals surface area (Å²) in [5.74, 6) is 0.114. The maximum atomic E-state index is 12.2. The second-order valence-corrected chi connectivity index (χ2v) is 5.49. The van der Waals surface area contributed by atoms with E-state index in [0.29, 0.717) is 22.8 Å². The van der Waals surface area contributed by atoms with E-state index in [2.05, 4.69) is 9.97 Å². The Morgan fingerprint density at radius 3 is 2.20 bits per heavy atom. The standard InChI is InChI=1S/C21H18N2O2/c1-15-19(21(24)25-2)20(17-11-7-4-8-12-17)23-18(22-15)14-13-16-9-5-3-6-10-16/h3-14H,1-2H3/b14-13+. The van der Waals surface area contributed by atoms with Crippen molar-refractivity contribution in [2.24, 2.45) is 0 Å². The van der Waals surface area contributed by atoms with Crippen molar-refractivity contribution < 1.29 is 9.53 Å². The fourth-order valence-corrected chi connectivity index (χ4v) is 2.56. The number of hydrogen-bond acceptors (Lipinski definition) is 4. The van der Waals surface area contributed by atoms with Gasteiger partial charge in [-0.3, -0.25) is 0 Å². The first-order valence-electron chi connectivity index (χ1n) is 7.94. The van der Waals surface area contributed by atoms with Crippen molar-refractivity contribution in [3.05, 3.63) is 83.3 Å². The normalized spacial score (nSPS) is 10.8. The summed E-state index contributed by atoms with van der Waals surface area (Å²) in [6.07, 6.45) is 3.79. The molecule has 0 radical (unpaired) electrons. The van der Waals surface area contributed by atoms with Gasteiger partial charge in [-0.1, -0.05) is 66.7 Å². The van der Waals surface area contributed by atoms with Gasteiger partial charge in [-0.2, -0.15) is 0 Å². The van der Waals surface area contributed by atoms with Gasteiger partial charge in [-0.05, 0) is 18.6 Å². The summed E-state index contributed by atoms with van der Waals surface area (Å²) in [7, 11) is 1.36. The Morgan fingerprint density at radius 2 is 1.56 bits per heavy atom. The zero-order valence-electron chi connectivity index (χ0n) is 14.1. The van der Waals surface area contributed by atoms with Gasteiger partial charge in [0.05, 0.1) is 18.5 Å². The van der Waals surface area contributed by atoms with Crippen LogP contribution in [0.5, 0.6) is 0 Å². The number of aromatic nitrogens is 2. The first-order valence-corrected chi connectivity index (χ1v) is 7.94. The second-order valence-electron chi connectivity index (χ2n) is 5.49. The molecule has 0 atom stereocenters. The smallest absolute Gasteiger partial charge is 0.341 e. The van der Waals surface area contributed by atoms with Gasteiger partial charge in [-0.25, -0.2) is 14.8 Å². The number of esters is 1. The van der Waals surface area contributed by atoms with Crippen LogP contribution in [-0.4, -0.2) is 23.0 Å². The maximum absolute atomic E-state index is 12.2. The summed E-state index contributed by atoms with van der Waals surface area (Å²) in [6, 6.07) is 19.5. The largest absolute Gasteiger partial charge is 0.465 e. The van der Waals surface area contributed by atoms with Crippen molar-refractivity contribution >= 4 is 18.1 Å². The summed E-state index contributed by atoms with van der Waals surface area (Å²) in [4.78, 5) is 21.2. The molecule has 0 unspecified atom stereocenters. The number of benzene rings is 2. The Kier molecular flexibility index (Phi) is 5.00. The molecule has 2 aromatic carbocycles. The van der Waals surface area contributed by atoms with Crippen LogP contribution in [-0.2, 0) is 4.74 Å². The average Bonchev–Trinajstić information content (AvgIpc) is 2.67. The fourth-order valence-electron chi connectivity index (χ4n) is 2.56. The third-order valence-corrected chi connectivity index (χ3v) is 3.77. The van der Waals surface area contributed by atoms with Crippen LogP contribution >= 0.6 is 0 Å². The number of ether oxygens (including phenoxy) is 1. The van der Waals surface area contributed by atoms with Crippen LogP contribution in [0.1, 0.15) is 27.4 Å². The van der Waals surface area contributed by atoms with Crippen LogP contribution in [0.15, 0.2) is 60.7 Å². The molecule has 0 aliphatic rings. The Morgan fingerprint density at radius 1 is 0.920 bits per heavy atom. The van der Waals surface area contributed by atoms with Crippen molar-refractivity contribution in [2.75, 3.05) is 7.11 Å². The van der Waals surface area contributed by atoms with E-state index < -0.39 is 5.97 Å². The number of rotatable bonds is 4. The maximum Gasteiger partial charge on any atom is 0.341 e. The van der Waals surface area contributed by atoms with Gasteiger partial charge in [0.25, 0.3) is 0 Å². The number of carbonyl (C=O) groups excluding carboxylic acids is 1. The topological polar surface area (TPSA) is 52.1 Å². The molecule has 3 rings (SSSR count). The molecular formula is C21H18N2O2. The molecule has 0 N–H and O–H groups in total. The second kappa shape index (κ2) is 7.53. The van der Waals surface area contributed by atoms with Crippen LogP contribution in [0.2, 0.25) is 0 Å². The molecule has 4 nitrogen and oxygen atoms in total. The highest BCUT2D eigenvalue weighted by Gasteiger charge is 2.19. The van der Waals surface area contributed by atoms with Gasteiger partial charge in [0.15, 0.2) is 5.82 Å². The van der Waals surface area contributed by atoms with Gasteiger partial charge >= 0.3 is 5.97 Å². The Hall–Kier alpha value is -3.27. The predicted molar refractivity (Wildman–Crippen MR) is 98.9 cm³/mol. The van der Waals surface area contributed by atoms with Crippen LogP contribution in [0.4, 0.5) is 0 Å². The first-order chi connectivity index (χ1) is 12.2. The van der Waals surface area contributed by atoms with Crippen molar-refractivity contribution in [3.63, 3.8) is 0 Å². The lowest BCUT2D eigenvalue weighted by Gasteiger charge is -2.11. The average molecular weight is 330 g/mol. The number of carbonyl (C=O) groups is 1. The van der Waals surface area contributed by atoms with Crippen molar-refractivity contribution in [1.29, 1.82) is 0 Å². The number of methoxy groups -OCH3 is 1. The molecular weight excluding hydrogens is 312 g/mol. The third-order valence-electron chi connectivity index (χ3n) is 3.77. The minimum absolute atomic E-state index is 0.394. The molecule has 1 heterocycles. The lowest BCUT2D eigenvalue weighted by molar-refractivity contribution is 0.0600. The summed E-state index contributed by atoms with van der Waals surface area (Å²) in [5, 5.41) is 0. The summed E-state index contributed by atoms with van der Waals surface area (Å²) >= 11 is 0. The van der Waals surface area contributed by atoms with Crippen molar-refractivity contribution in [1.82, 2.24) is 9.97 Å². The highest BCUT2D eigenvalue weighted by atomic mass is 16.5. The Bertz CT molecular complexity index is 904. The number of nitrogens with zero attached hydrogens (tertiary/aromatic N) is 2. The van der Waals surface area contributed by atoms with Gasteiger partial charge in [-0.15, -0.1) is 0 Å². The van der Waals surface area contributed by atoms with Gasteiger partial charge in [0, 0.05) is 5.56 Å². The molecule has 0 saturated carbocycles. The zero-order valence-corrected chi connectivity index (χ0v) is 14.1. The predicted octanol–water partition coefficient (Wildman–Crippen LogP) is 4.41. The molecule has 124 valence electrons. The van der Waals surface area contributed by atoms with Crippen LogP contribution in [0.3, 0.4) is 0 Å². The molecule has 0 amide bonds. The summed E-state index contributed by atoms with van der Waals surface area (Å²) < 4.78 is 4.91. The summed E-state index contributed by atoms with van der Waals surface area (Å²) in [6.45, 7) is 1.79. The Labute approximate surface area is 146 Å². The molecule has 0 fully saturated rings. The highest BCUT2D eigenvalue weighted by molar-refractivity contribution is 5.97. The number of hydrogen-bond donors (Lipinski definition) is 0. The van der Waals surface area contributed by atoms with E-state index in [-0.39, 0.29) is 0 Å². The molecule has 25 heavy (non-hydrogen) atoms. The Balaban J connectivity index is 2.09. The third kappa shape index (κ3) is 3.80. The van der Waals surface area contributed by atoms with E-state index in [9.17, 15) is 4.79 Å². The van der Waals surface area contributed by atoms with E-state index in [1.54, 1.807) is 6.92 Å². The van der Waals surface area contributed by atoms with Gasteiger partial charge < -0.3 is 4.74 Å². The molecule has 4 heteroatoms. The molecule has 3 aromatic rings. The monoisotopic (exact) mass is 330 g/mol. The molecule has 1 aromatic heterocycles. The van der Waals surface area contributed by atoms with Crippen LogP contribution in [0.25, 0.3) is 23.4 Å². The zero-order chi connectivity index (χ0) is 17.6. The van der Waals surface area contributed by atoms with E-state index in [1.807, 2.05) is 72.8 Å². The van der Waals surface area contributed by atoms with Gasteiger partial charge in [0.2, 0.25) is 0 Å². The quantitative estimate of drug-likeness (QED) is 0.665. The molecule has 0 spiro atoms. The molecule has 0 aliphatic carbocycles. The van der Waals surface area contributed by atoms with Crippen LogP contribution in [0, 0.1) is 6.92 Å². The number of aryl methyl sites for hydroxylation is 1. The molecule has 0 aliphatic heterocycles.